The summed E-state index contributed by atoms with van der Waals surface area (Å²) in [5.74, 6) is 0.204. The Kier molecular flexibility index (Phi) is 3.39. The topological polar surface area (TPSA) is 75.2 Å². The van der Waals surface area contributed by atoms with Crippen LogP contribution in [-0.4, -0.2) is 21.3 Å². The lowest BCUT2D eigenvalue weighted by Gasteiger charge is -2.10. The van der Waals surface area contributed by atoms with E-state index < -0.39 is 5.97 Å². The summed E-state index contributed by atoms with van der Waals surface area (Å²) in [5.41, 5.74) is 1.21. The Hall–Kier alpha value is -3.08. The lowest BCUT2D eigenvalue weighted by Crippen LogP contribution is -1.99. The van der Waals surface area contributed by atoms with E-state index in [4.69, 9.17) is 4.74 Å². The average molecular weight is 280 g/mol. The summed E-state index contributed by atoms with van der Waals surface area (Å²) in [6, 6.07) is 16.6. The van der Waals surface area contributed by atoms with E-state index in [0.717, 1.165) is 0 Å². The smallest absolute Gasteiger partial charge is 0.354 e. The SMILES string of the molecule is O=C(O)c1[nH]ncc1-c1ccccc1Oc1ccccc1. The number of nitrogens with zero attached hydrogens (tertiary/aromatic N) is 1. The molecule has 5 nitrogen and oxygen atoms in total. The normalized spacial score (nSPS) is 10.3. The number of hydrogen-bond acceptors (Lipinski definition) is 3. The van der Waals surface area contributed by atoms with Crippen molar-refractivity contribution < 1.29 is 14.6 Å². The molecule has 0 saturated carbocycles. The molecule has 0 aliphatic heterocycles. The molecule has 1 heterocycles. The van der Waals surface area contributed by atoms with E-state index in [1.54, 1.807) is 12.1 Å². The minimum atomic E-state index is -1.06. The van der Waals surface area contributed by atoms with Gasteiger partial charge in [-0.25, -0.2) is 4.79 Å². The summed E-state index contributed by atoms with van der Waals surface area (Å²) in [4.78, 5) is 11.2. The molecule has 3 rings (SSSR count). The molecule has 0 bridgehead atoms. The van der Waals surface area contributed by atoms with E-state index in [1.807, 2.05) is 42.5 Å². The van der Waals surface area contributed by atoms with Gasteiger partial charge in [-0.15, -0.1) is 0 Å². The second-order valence-corrected chi connectivity index (χ2v) is 4.38. The number of aromatic amines is 1. The van der Waals surface area contributed by atoms with Crippen LogP contribution in [0.3, 0.4) is 0 Å². The minimum absolute atomic E-state index is 0.0408. The van der Waals surface area contributed by atoms with Gasteiger partial charge in [0, 0.05) is 11.1 Å². The number of aromatic carboxylic acids is 1. The van der Waals surface area contributed by atoms with Crippen LogP contribution in [0, 0.1) is 0 Å². The van der Waals surface area contributed by atoms with Gasteiger partial charge in [-0.3, -0.25) is 5.10 Å². The number of nitrogens with one attached hydrogen (secondary N) is 1. The molecular weight excluding hydrogens is 268 g/mol. The largest absolute Gasteiger partial charge is 0.477 e. The molecule has 0 radical (unpaired) electrons. The average Bonchev–Trinajstić information content (AvgIpc) is 2.98. The van der Waals surface area contributed by atoms with Crippen molar-refractivity contribution >= 4 is 5.97 Å². The number of carboxylic acid groups (broad SMARTS) is 1. The highest BCUT2D eigenvalue weighted by Gasteiger charge is 2.17. The van der Waals surface area contributed by atoms with Crippen LogP contribution in [0.1, 0.15) is 10.5 Å². The number of aromatic nitrogens is 2. The van der Waals surface area contributed by atoms with E-state index in [-0.39, 0.29) is 5.69 Å². The van der Waals surface area contributed by atoms with E-state index in [9.17, 15) is 9.90 Å². The number of benzene rings is 2. The first kappa shape index (κ1) is 12.9. The van der Waals surface area contributed by atoms with Crippen molar-refractivity contribution in [2.75, 3.05) is 0 Å². The van der Waals surface area contributed by atoms with Crippen molar-refractivity contribution in [1.82, 2.24) is 10.2 Å². The van der Waals surface area contributed by atoms with Crippen LogP contribution >= 0.6 is 0 Å². The van der Waals surface area contributed by atoms with Crippen molar-refractivity contribution in [1.29, 1.82) is 0 Å². The third-order valence-electron chi connectivity index (χ3n) is 3.00. The molecule has 0 saturated heterocycles. The highest BCUT2D eigenvalue weighted by atomic mass is 16.5. The number of H-pyrrole nitrogens is 1. The maximum absolute atomic E-state index is 11.2. The first-order valence-electron chi connectivity index (χ1n) is 6.34. The van der Waals surface area contributed by atoms with Gasteiger partial charge in [-0.05, 0) is 18.2 Å². The van der Waals surface area contributed by atoms with Crippen LogP contribution in [0.4, 0.5) is 0 Å². The molecule has 0 aliphatic carbocycles. The van der Waals surface area contributed by atoms with Gasteiger partial charge in [0.25, 0.3) is 0 Å². The van der Waals surface area contributed by atoms with Crippen molar-refractivity contribution in [3.63, 3.8) is 0 Å². The molecule has 0 amide bonds. The fraction of sp³-hybridized carbons (Fsp3) is 0. The van der Waals surface area contributed by atoms with Crippen LogP contribution < -0.4 is 4.74 Å². The predicted molar refractivity (Wildman–Crippen MR) is 77.5 cm³/mol. The van der Waals surface area contributed by atoms with Gasteiger partial charge in [-0.1, -0.05) is 36.4 Å². The lowest BCUT2D eigenvalue weighted by molar-refractivity contribution is 0.0691. The Morgan fingerprint density at radius 2 is 1.71 bits per heavy atom. The Balaban J connectivity index is 2.04. The Labute approximate surface area is 120 Å². The first-order chi connectivity index (χ1) is 10.3. The van der Waals surface area contributed by atoms with E-state index in [1.165, 1.54) is 6.20 Å². The fourth-order valence-corrected chi connectivity index (χ4v) is 2.05. The molecule has 21 heavy (non-hydrogen) atoms. The van der Waals surface area contributed by atoms with Gasteiger partial charge in [0.15, 0.2) is 5.69 Å². The van der Waals surface area contributed by atoms with Gasteiger partial charge in [0.05, 0.1) is 6.20 Å². The van der Waals surface area contributed by atoms with Gasteiger partial charge in [0.1, 0.15) is 11.5 Å². The molecule has 2 aromatic carbocycles. The molecule has 3 aromatic rings. The number of carbonyl (C=O) groups is 1. The molecule has 0 spiro atoms. The number of rotatable bonds is 4. The van der Waals surface area contributed by atoms with Gasteiger partial charge >= 0.3 is 5.97 Å². The van der Waals surface area contributed by atoms with Crippen LogP contribution in [0.15, 0.2) is 60.8 Å². The second-order valence-electron chi connectivity index (χ2n) is 4.38. The maximum atomic E-state index is 11.2. The van der Waals surface area contributed by atoms with Gasteiger partial charge in [0.2, 0.25) is 0 Å². The highest BCUT2D eigenvalue weighted by Crippen LogP contribution is 2.34. The summed E-state index contributed by atoms with van der Waals surface area (Å²) in [5, 5.41) is 15.5. The molecule has 0 fully saturated rings. The quantitative estimate of drug-likeness (QED) is 0.766. The van der Waals surface area contributed by atoms with Crippen molar-refractivity contribution in [2.24, 2.45) is 0 Å². The predicted octanol–water partition coefficient (Wildman–Crippen LogP) is 3.57. The molecule has 104 valence electrons. The zero-order valence-electron chi connectivity index (χ0n) is 11.0. The number of para-hydroxylation sites is 2. The van der Waals surface area contributed by atoms with E-state index in [2.05, 4.69) is 10.2 Å². The van der Waals surface area contributed by atoms with Gasteiger partial charge in [-0.2, -0.15) is 5.10 Å². The van der Waals surface area contributed by atoms with Crippen molar-refractivity contribution in [2.45, 2.75) is 0 Å². The first-order valence-corrected chi connectivity index (χ1v) is 6.34. The zero-order chi connectivity index (χ0) is 14.7. The van der Waals surface area contributed by atoms with Crippen LogP contribution in [0.2, 0.25) is 0 Å². The summed E-state index contributed by atoms with van der Waals surface area (Å²) < 4.78 is 5.83. The van der Waals surface area contributed by atoms with Crippen molar-refractivity contribution in [3.8, 4) is 22.6 Å². The van der Waals surface area contributed by atoms with Crippen LogP contribution in [0.5, 0.6) is 11.5 Å². The minimum Gasteiger partial charge on any atom is -0.477 e. The zero-order valence-corrected chi connectivity index (χ0v) is 11.0. The molecule has 1 aromatic heterocycles. The molecule has 0 atom stereocenters. The van der Waals surface area contributed by atoms with E-state index in [0.29, 0.717) is 22.6 Å². The molecule has 0 unspecified atom stereocenters. The van der Waals surface area contributed by atoms with Crippen LogP contribution in [-0.2, 0) is 0 Å². The van der Waals surface area contributed by atoms with Crippen molar-refractivity contribution in [3.05, 3.63) is 66.5 Å². The number of carboxylic acids is 1. The summed E-state index contributed by atoms with van der Waals surface area (Å²) in [6.45, 7) is 0. The highest BCUT2D eigenvalue weighted by molar-refractivity contribution is 5.94. The lowest BCUT2D eigenvalue weighted by atomic mass is 10.1. The second kappa shape index (κ2) is 5.50. The van der Waals surface area contributed by atoms with Crippen LogP contribution in [0.25, 0.3) is 11.1 Å². The summed E-state index contributed by atoms with van der Waals surface area (Å²) in [7, 11) is 0. The molecule has 5 heteroatoms. The third kappa shape index (κ3) is 2.62. The number of hydrogen-bond donors (Lipinski definition) is 2. The number of ether oxygens (including phenoxy) is 1. The monoisotopic (exact) mass is 280 g/mol. The summed E-state index contributed by atoms with van der Waals surface area (Å²) in [6.07, 6.45) is 1.48. The molecular formula is C16H12N2O3. The Morgan fingerprint density at radius 1 is 1.00 bits per heavy atom. The Bertz CT molecular complexity index is 766. The third-order valence-corrected chi connectivity index (χ3v) is 3.00. The standard InChI is InChI=1S/C16H12N2O3/c19-16(20)15-13(10-17-18-15)12-8-4-5-9-14(12)21-11-6-2-1-3-7-11/h1-10H,(H,17,18)(H,19,20). The Morgan fingerprint density at radius 3 is 2.48 bits per heavy atom. The molecule has 0 aliphatic rings. The molecule has 2 N–H and O–H groups in total. The maximum Gasteiger partial charge on any atom is 0.354 e. The summed E-state index contributed by atoms with van der Waals surface area (Å²) >= 11 is 0. The fourth-order valence-electron chi connectivity index (χ4n) is 2.05. The van der Waals surface area contributed by atoms with Gasteiger partial charge < -0.3 is 9.84 Å². The van der Waals surface area contributed by atoms with E-state index >= 15 is 0 Å².